The van der Waals surface area contributed by atoms with Crippen LogP contribution in [0.1, 0.15) is 16.1 Å². The number of likely N-dealkylation sites (N-methyl/N-ethyl adjacent to an activating group) is 1. The molecule has 2 aromatic rings. The van der Waals surface area contributed by atoms with Crippen LogP contribution in [0.5, 0.6) is 0 Å². The lowest BCUT2D eigenvalue weighted by Crippen LogP contribution is -2.45. The van der Waals surface area contributed by atoms with Crippen LogP contribution in [0, 0.1) is 0 Å². The molecule has 3 rings (SSSR count). The molecule has 1 aromatic carbocycles. The van der Waals surface area contributed by atoms with Gasteiger partial charge in [0.1, 0.15) is 11.5 Å². The number of pyridine rings is 1. The van der Waals surface area contributed by atoms with E-state index in [0.717, 1.165) is 37.6 Å². The van der Waals surface area contributed by atoms with Crippen LogP contribution in [0.15, 0.2) is 42.5 Å². The third-order valence-electron chi connectivity index (χ3n) is 4.19. The Hall–Kier alpha value is -2.11. The van der Waals surface area contributed by atoms with Gasteiger partial charge in [0.2, 0.25) is 0 Å². The maximum Gasteiger partial charge on any atom is 0.270 e. The zero-order valence-corrected chi connectivity index (χ0v) is 14.5. The first kappa shape index (κ1) is 16.7. The summed E-state index contributed by atoms with van der Waals surface area (Å²) in [4.78, 5) is 21.4. The number of rotatable bonds is 4. The molecule has 5 nitrogen and oxygen atoms in total. The highest BCUT2D eigenvalue weighted by molar-refractivity contribution is 6.31. The van der Waals surface area contributed by atoms with E-state index >= 15 is 0 Å². The molecule has 1 saturated heterocycles. The number of piperazine rings is 1. The smallest absolute Gasteiger partial charge is 0.270 e. The minimum absolute atomic E-state index is 0.189. The topological polar surface area (TPSA) is 48.5 Å². The average molecular weight is 345 g/mol. The summed E-state index contributed by atoms with van der Waals surface area (Å²) in [5, 5.41) is 3.53. The van der Waals surface area contributed by atoms with Crippen molar-refractivity contribution in [2.45, 2.75) is 6.54 Å². The van der Waals surface area contributed by atoms with Crippen molar-refractivity contribution in [2.75, 3.05) is 38.1 Å². The van der Waals surface area contributed by atoms with Crippen LogP contribution >= 0.6 is 11.6 Å². The van der Waals surface area contributed by atoms with Crippen molar-refractivity contribution in [3.63, 3.8) is 0 Å². The van der Waals surface area contributed by atoms with Gasteiger partial charge in [-0.3, -0.25) is 4.79 Å². The summed E-state index contributed by atoms with van der Waals surface area (Å²) in [5.41, 5.74) is 1.32. The predicted molar refractivity (Wildman–Crippen MR) is 96.6 cm³/mol. The Morgan fingerprint density at radius 3 is 2.62 bits per heavy atom. The largest absolute Gasteiger partial charge is 0.354 e. The monoisotopic (exact) mass is 344 g/mol. The highest BCUT2D eigenvalue weighted by Gasteiger charge is 2.16. The van der Waals surface area contributed by atoms with Crippen molar-refractivity contribution in [2.24, 2.45) is 0 Å². The summed E-state index contributed by atoms with van der Waals surface area (Å²) in [6.07, 6.45) is 0. The molecule has 126 valence electrons. The summed E-state index contributed by atoms with van der Waals surface area (Å²) in [5.74, 6) is 0.666. The molecule has 1 aliphatic rings. The molecule has 24 heavy (non-hydrogen) atoms. The number of anilines is 1. The van der Waals surface area contributed by atoms with Gasteiger partial charge in [-0.1, -0.05) is 35.9 Å². The molecule has 0 aliphatic carbocycles. The van der Waals surface area contributed by atoms with Crippen LogP contribution in [-0.4, -0.2) is 49.0 Å². The summed E-state index contributed by atoms with van der Waals surface area (Å²) >= 11 is 6.11. The second kappa shape index (κ2) is 7.64. The zero-order chi connectivity index (χ0) is 16.9. The van der Waals surface area contributed by atoms with Gasteiger partial charge in [-0.05, 0) is 30.8 Å². The van der Waals surface area contributed by atoms with E-state index in [0.29, 0.717) is 17.3 Å². The van der Waals surface area contributed by atoms with Crippen LogP contribution in [-0.2, 0) is 6.54 Å². The predicted octanol–water partition coefficient (Wildman–Crippen LogP) is 2.42. The molecule has 0 spiro atoms. The Morgan fingerprint density at radius 1 is 1.12 bits per heavy atom. The second-order valence-corrected chi connectivity index (χ2v) is 6.35. The number of amides is 1. The van der Waals surface area contributed by atoms with E-state index in [2.05, 4.69) is 27.1 Å². The van der Waals surface area contributed by atoms with Crippen molar-refractivity contribution >= 4 is 23.3 Å². The van der Waals surface area contributed by atoms with Gasteiger partial charge in [-0.15, -0.1) is 0 Å². The van der Waals surface area contributed by atoms with Gasteiger partial charge in [0, 0.05) is 37.7 Å². The quantitative estimate of drug-likeness (QED) is 0.925. The molecule has 0 unspecified atom stereocenters. The van der Waals surface area contributed by atoms with E-state index in [1.54, 1.807) is 6.07 Å². The molecule has 0 radical (unpaired) electrons. The van der Waals surface area contributed by atoms with Gasteiger partial charge in [-0.2, -0.15) is 0 Å². The molecular formula is C18H21ClN4O. The fraction of sp³-hybridized carbons (Fsp3) is 0.333. The lowest BCUT2D eigenvalue weighted by molar-refractivity contribution is 0.0946. The summed E-state index contributed by atoms with van der Waals surface area (Å²) in [7, 11) is 2.11. The SMILES string of the molecule is CN1CCN(c2cccc(C(=O)NCc3ccccc3Cl)n2)CC1. The van der Waals surface area contributed by atoms with Crippen LogP contribution < -0.4 is 10.2 Å². The lowest BCUT2D eigenvalue weighted by Gasteiger charge is -2.33. The molecule has 1 fully saturated rings. The molecule has 6 heteroatoms. The fourth-order valence-electron chi connectivity index (χ4n) is 2.67. The van der Waals surface area contributed by atoms with Crippen molar-refractivity contribution in [1.82, 2.24) is 15.2 Å². The molecule has 1 N–H and O–H groups in total. The number of nitrogens with zero attached hydrogens (tertiary/aromatic N) is 3. The molecule has 2 heterocycles. The Morgan fingerprint density at radius 2 is 1.88 bits per heavy atom. The Labute approximate surface area is 147 Å². The minimum Gasteiger partial charge on any atom is -0.354 e. The second-order valence-electron chi connectivity index (χ2n) is 5.95. The summed E-state index contributed by atoms with van der Waals surface area (Å²) in [6, 6.07) is 13.1. The van der Waals surface area contributed by atoms with Crippen LogP contribution in [0.25, 0.3) is 0 Å². The molecular weight excluding hydrogens is 324 g/mol. The first-order valence-electron chi connectivity index (χ1n) is 8.05. The minimum atomic E-state index is -0.189. The maximum atomic E-state index is 12.4. The average Bonchev–Trinajstić information content (AvgIpc) is 2.61. The van der Waals surface area contributed by atoms with Gasteiger partial charge in [0.05, 0.1) is 0 Å². The molecule has 1 amide bonds. The van der Waals surface area contributed by atoms with Gasteiger partial charge >= 0.3 is 0 Å². The molecule has 0 bridgehead atoms. The zero-order valence-electron chi connectivity index (χ0n) is 13.7. The number of benzene rings is 1. The number of carbonyl (C=O) groups is 1. The standard InChI is InChI=1S/C18H21ClN4O/c1-22-9-11-23(12-10-22)17-8-4-7-16(21-17)18(24)20-13-14-5-2-3-6-15(14)19/h2-8H,9-13H2,1H3,(H,20,24). The van der Waals surface area contributed by atoms with E-state index in [-0.39, 0.29) is 5.91 Å². The van der Waals surface area contributed by atoms with Crippen molar-refractivity contribution < 1.29 is 4.79 Å². The Balaban J connectivity index is 1.65. The first-order valence-corrected chi connectivity index (χ1v) is 8.43. The normalized spacial score (nSPS) is 15.3. The van der Waals surface area contributed by atoms with Gasteiger partial charge in [0.25, 0.3) is 5.91 Å². The van der Waals surface area contributed by atoms with Crippen molar-refractivity contribution in [3.05, 3.63) is 58.7 Å². The Bertz CT molecular complexity index is 714. The van der Waals surface area contributed by atoms with Crippen molar-refractivity contribution in [1.29, 1.82) is 0 Å². The van der Waals surface area contributed by atoms with Crippen LogP contribution in [0.4, 0.5) is 5.82 Å². The third kappa shape index (κ3) is 4.04. The van der Waals surface area contributed by atoms with E-state index in [4.69, 9.17) is 11.6 Å². The van der Waals surface area contributed by atoms with E-state index in [9.17, 15) is 4.79 Å². The van der Waals surface area contributed by atoms with Gasteiger partial charge in [0.15, 0.2) is 0 Å². The number of carbonyl (C=O) groups excluding carboxylic acids is 1. The van der Waals surface area contributed by atoms with Gasteiger partial charge in [-0.25, -0.2) is 4.98 Å². The molecule has 1 aliphatic heterocycles. The van der Waals surface area contributed by atoms with E-state index < -0.39 is 0 Å². The number of aromatic nitrogens is 1. The summed E-state index contributed by atoms with van der Waals surface area (Å²) in [6.45, 7) is 4.25. The number of hydrogen-bond donors (Lipinski definition) is 1. The van der Waals surface area contributed by atoms with E-state index in [1.165, 1.54) is 0 Å². The molecule has 0 atom stereocenters. The number of nitrogens with one attached hydrogen (secondary N) is 1. The van der Waals surface area contributed by atoms with Crippen molar-refractivity contribution in [3.8, 4) is 0 Å². The highest BCUT2D eigenvalue weighted by Crippen LogP contribution is 2.16. The highest BCUT2D eigenvalue weighted by atomic mass is 35.5. The van der Waals surface area contributed by atoms with Crippen LogP contribution in [0.3, 0.4) is 0 Å². The van der Waals surface area contributed by atoms with E-state index in [1.807, 2.05) is 36.4 Å². The summed E-state index contributed by atoms with van der Waals surface area (Å²) < 4.78 is 0. The fourth-order valence-corrected chi connectivity index (χ4v) is 2.87. The first-order chi connectivity index (χ1) is 11.6. The molecule has 0 saturated carbocycles. The number of halogens is 1. The van der Waals surface area contributed by atoms with Gasteiger partial charge < -0.3 is 15.1 Å². The third-order valence-corrected chi connectivity index (χ3v) is 4.56. The maximum absolute atomic E-state index is 12.4. The van der Waals surface area contributed by atoms with Crippen LogP contribution in [0.2, 0.25) is 5.02 Å². The lowest BCUT2D eigenvalue weighted by atomic mass is 10.2. The Kier molecular flexibility index (Phi) is 5.33. The number of hydrogen-bond acceptors (Lipinski definition) is 4. The molecule has 1 aromatic heterocycles.